The van der Waals surface area contributed by atoms with E-state index in [4.69, 9.17) is 5.11 Å². The van der Waals surface area contributed by atoms with Gasteiger partial charge in [-0.1, -0.05) is 32.9 Å². The van der Waals surface area contributed by atoms with Gasteiger partial charge in [0.25, 0.3) is 0 Å². The van der Waals surface area contributed by atoms with Gasteiger partial charge < -0.3 is 10.4 Å². The second-order valence-corrected chi connectivity index (χ2v) is 6.52. The Morgan fingerprint density at radius 2 is 1.76 bits per heavy atom. The number of hydrogen-bond donors (Lipinski definition) is 2. The summed E-state index contributed by atoms with van der Waals surface area (Å²) in [7, 11) is 0. The molecule has 116 valence electrons. The maximum Gasteiger partial charge on any atom is 0.335 e. The third-order valence-electron chi connectivity index (χ3n) is 3.27. The van der Waals surface area contributed by atoms with E-state index in [-0.39, 0.29) is 16.9 Å². The van der Waals surface area contributed by atoms with E-state index in [1.165, 1.54) is 0 Å². The number of nitrogens with one attached hydrogen (secondary N) is 1. The predicted molar refractivity (Wildman–Crippen MR) is 83.4 cm³/mol. The van der Waals surface area contributed by atoms with Crippen LogP contribution >= 0.6 is 0 Å². The Kier molecular flexibility index (Phi) is 6.40. The molecule has 0 aromatic heterocycles. The van der Waals surface area contributed by atoms with E-state index in [1.54, 1.807) is 24.3 Å². The van der Waals surface area contributed by atoms with E-state index in [1.807, 2.05) is 0 Å². The average Bonchev–Trinajstić information content (AvgIpc) is 2.37. The van der Waals surface area contributed by atoms with Crippen LogP contribution in [0.3, 0.4) is 0 Å². The zero-order chi connectivity index (χ0) is 15.9. The molecule has 0 radical (unpaired) electrons. The van der Waals surface area contributed by atoms with Gasteiger partial charge in [-0.3, -0.25) is 4.79 Å². The first-order valence-electron chi connectivity index (χ1n) is 7.37. The van der Waals surface area contributed by atoms with Crippen molar-refractivity contribution in [2.45, 2.75) is 46.5 Å². The van der Waals surface area contributed by atoms with Crippen LogP contribution in [0.1, 0.15) is 56.0 Å². The average molecular weight is 291 g/mol. The first-order valence-corrected chi connectivity index (χ1v) is 7.37. The van der Waals surface area contributed by atoms with E-state index in [2.05, 4.69) is 26.1 Å². The fourth-order valence-corrected chi connectivity index (χ4v) is 2.03. The van der Waals surface area contributed by atoms with Crippen molar-refractivity contribution in [3.8, 4) is 0 Å². The van der Waals surface area contributed by atoms with Crippen LogP contribution in [0.15, 0.2) is 24.3 Å². The van der Waals surface area contributed by atoms with Crippen molar-refractivity contribution in [1.82, 2.24) is 5.32 Å². The third kappa shape index (κ3) is 7.49. The molecule has 0 saturated heterocycles. The van der Waals surface area contributed by atoms with Crippen LogP contribution in [0, 0.1) is 5.41 Å². The summed E-state index contributed by atoms with van der Waals surface area (Å²) in [5.41, 5.74) is 1.58. The molecule has 0 aliphatic heterocycles. The Balaban J connectivity index is 2.24. The van der Waals surface area contributed by atoms with Crippen molar-refractivity contribution in [2.75, 3.05) is 6.54 Å². The molecule has 0 unspecified atom stereocenters. The van der Waals surface area contributed by atoms with Crippen molar-refractivity contribution in [2.24, 2.45) is 5.41 Å². The van der Waals surface area contributed by atoms with Crippen LogP contribution < -0.4 is 5.32 Å². The molecule has 0 aliphatic carbocycles. The summed E-state index contributed by atoms with van der Waals surface area (Å²) in [5.74, 6) is -0.838. The monoisotopic (exact) mass is 291 g/mol. The number of carbonyl (C=O) groups excluding carboxylic acids is 1. The number of rotatable bonds is 7. The first-order chi connectivity index (χ1) is 9.78. The molecule has 4 nitrogen and oxygen atoms in total. The fourth-order valence-electron chi connectivity index (χ4n) is 2.03. The number of hydrogen-bond acceptors (Lipinski definition) is 2. The lowest BCUT2D eigenvalue weighted by Crippen LogP contribution is -2.25. The van der Waals surface area contributed by atoms with Crippen LogP contribution in [0.4, 0.5) is 0 Å². The lowest BCUT2D eigenvalue weighted by atomic mass is 9.90. The van der Waals surface area contributed by atoms with Gasteiger partial charge >= 0.3 is 5.97 Å². The molecule has 0 saturated carbocycles. The minimum Gasteiger partial charge on any atom is -0.478 e. The molecule has 21 heavy (non-hydrogen) atoms. The molecule has 0 aliphatic rings. The Morgan fingerprint density at radius 3 is 2.29 bits per heavy atom. The van der Waals surface area contributed by atoms with Crippen molar-refractivity contribution < 1.29 is 14.7 Å². The number of carboxylic acid groups (broad SMARTS) is 1. The Labute approximate surface area is 126 Å². The van der Waals surface area contributed by atoms with Gasteiger partial charge in [0.15, 0.2) is 0 Å². The van der Waals surface area contributed by atoms with E-state index in [9.17, 15) is 9.59 Å². The molecule has 4 heteroatoms. The highest BCUT2D eigenvalue weighted by Crippen LogP contribution is 2.21. The van der Waals surface area contributed by atoms with Crippen LogP contribution in [-0.4, -0.2) is 23.5 Å². The molecule has 0 heterocycles. The molecule has 0 spiro atoms. The van der Waals surface area contributed by atoms with Gasteiger partial charge in [-0.05, 0) is 42.4 Å². The highest BCUT2D eigenvalue weighted by atomic mass is 16.4. The van der Waals surface area contributed by atoms with Crippen LogP contribution in [-0.2, 0) is 11.2 Å². The standard InChI is InChI=1S/C17H25NO3/c1-17(2,3)11-4-5-15(19)18-12-10-13-6-8-14(9-7-13)16(20)21/h6-9H,4-5,10-12H2,1-3H3,(H,18,19)(H,20,21). The third-order valence-corrected chi connectivity index (χ3v) is 3.27. The fraction of sp³-hybridized carbons (Fsp3) is 0.529. The minimum absolute atomic E-state index is 0.0846. The first kappa shape index (κ1) is 17.2. The van der Waals surface area contributed by atoms with Gasteiger partial charge in [0.1, 0.15) is 0 Å². The van der Waals surface area contributed by atoms with Crippen LogP contribution in [0.2, 0.25) is 0 Å². The summed E-state index contributed by atoms with van der Waals surface area (Å²) in [5, 5.41) is 11.7. The molecule has 1 amide bonds. The molecule has 0 bridgehead atoms. The smallest absolute Gasteiger partial charge is 0.335 e. The van der Waals surface area contributed by atoms with Crippen molar-refractivity contribution >= 4 is 11.9 Å². The number of benzene rings is 1. The summed E-state index contributed by atoms with van der Waals surface area (Å²) in [4.78, 5) is 22.4. The summed E-state index contributed by atoms with van der Waals surface area (Å²) < 4.78 is 0. The van der Waals surface area contributed by atoms with Crippen LogP contribution in [0.5, 0.6) is 0 Å². The predicted octanol–water partition coefficient (Wildman–Crippen LogP) is 3.26. The molecule has 0 fully saturated rings. The maximum absolute atomic E-state index is 11.7. The number of carbonyl (C=O) groups is 2. The highest BCUT2D eigenvalue weighted by molar-refractivity contribution is 5.87. The normalized spacial score (nSPS) is 11.2. The topological polar surface area (TPSA) is 66.4 Å². The summed E-state index contributed by atoms with van der Waals surface area (Å²) in [6.45, 7) is 7.10. The maximum atomic E-state index is 11.7. The Bertz CT molecular complexity index is 472. The largest absolute Gasteiger partial charge is 0.478 e. The number of amides is 1. The summed E-state index contributed by atoms with van der Waals surface area (Å²) in [6.07, 6.45) is 3.22. The zero-order valence-corrected chi connectivity index (χ0v) is 13.1. The van der Waals surface area contributed by atoms with Gasteiger partial charge in [0.2, 0.25) is 5.91 Å². The molecule has 1 aromatic rings. The van der Waals surface area contributed by atoms with Gasteiger partial charge in [0, 0.05) is 13.0 Å². The van der Waals surface area contributed by atoms with Gasteiger partial charge in [-0.25, -0.2) is 4.79 Å². The van der Waals surface area contributed by atoms with Gasteiger partial charge in [-0.2, -0.15) is 0 Å². The molecular formula is C17H25NO3. The SMILES string of the molecule is CC(C)(C)CCCC(=O)NCCc1ccc(C(=O)O)cc1. The zero-order valence-electron chi connectivity index (χ0n) is 13.1. The molecule has 1 rings (SSSR count). The second kappa shape index (κ2) is 7.81. The molecule has 0 atom stereocenters. The van der Waals surface area contributed by atoms with Crippen molar-refractivity contribution in [3.05, 3.63) is 35.4 Å². The Hall–Kier alpha value is -1.84. The lowest BCUT2D eigenvalue weighted by Gasteiger charge is -2.17. The van der Waals surface area contributed by atoms with E-state index in [0.29, 0.717) is 19.4 Å². The van der Waals surface area contributed by atoms with Gasteiger partial charge in [-0.15, -0.1) is 0 Å². The second-order valence-electron chi connectivity index (χ2n) is 6.52. The lowest BCUT2D eigenvalue weighted by molar-refractivity contribution is -0.121. The van der Waals surface area contributed by atoms with E-state index >= 15 is 0 Å². The molecule has 1 aromatic carbocycles. The van der Waals surface area contributed by atoms with Crippen LogP contribution in [0.25, 0.3) is 0 Å². The van der Waals surface area contributed by atoms with E-state index < -0.39 is 5.97 Å². The highest BCUT2D eigenvalue weighted by Gasteiger charge is 2.10. The minimum atomic E-state index is -0.922. The van der Waals surface area contributed by atoms with Crippen molar-refractivity contribution in [3.63, 3.8) is 0 Å². The summed E-state index contributed by atoms with van der Waals surface area (Å²) in [6, 6.07) is 6.75. The number of carboxylic acids is 1. The number of aromatic carboxylic acids is 1. The molecule has 2 N–H and O–H groups in total. The van der Waals surface area contributed by atoms with Crippen molar-refractivity contribution in [1.29, 1.82) is 0 Å². The summed E-state index contributed by atoms with van der Waals surface area (Å²) >= 11 is 0. The quantitative estimate of drug-likeness (QED) is 0.810. The molecular weight excluding hydrogens is 266 g/mol. The Morgan fingerprint density at radius 1 is 1.14 bits per heavy atom. The van der Waals surface area contributed by atoms with E-state index in [0.717, 1.165) is 18.4 Å². The van der Waals surface area contributed by atoms with Gasteiger partial charge in [0.05, 0.1) is 5.56 Å².